The number of carbonyl (C=O) groups is 2. The number of quaternary nitrogens is 1. The molecule has 1 amide bonds. The fourth-order valence-corrected chi connectivity index (χ4v) is 2.81. The largest absolute Gasteiger partial charge is 0.550 e. The van der Waals surface area contributed by atoms with Gasteiger partial charge in [-0.05, 0) is 18.6 Å². The summed E-state index contributed by atoms with van der Waals surface area (Å²) in [7, 11) is 5.79. The number of aliphatic carboxylic acids is 1. The van der Waals surface area contributed by atoms with Gasteiger partial charge in [-0.3, -0.25) is 4.79 Å². The number of carboxylic acids is 1. The van der Waals surface area contributed by atoms with Gasteiger partial charge in [-0.1, -0.05) is 32.3 Å². The summed E-state index contributed by atoms with van der Waals surface area (Å²) in [5.41, 5.74) is 0. The summed E-state index contributed by atoms with van der Waals surface area (Å²) in [5.74, 6) is -0.326. The van der Waals surface area contributed by atoms with Gasteiger partial charge in [0.25, 0.3) is 5.91 Å². The van der Waals surface area contributed by atoms with E-state index in [0.717, 1.165) is 12.8 Å². The summed E-state index contributed by atoms with van der Waals surface area (Å²) in [5, 5.41) is 13.6. The van der Waals surface area contributed by atoms with Gasteiger partial charge in [0.2, 0.25) is 0 Å². The smallest absolute Gasteiger partial charge is 0.258 e. The number of hydrogen-bond acceptors (Lipinski definition) is 5. The molecule has 7 nitrogen and oxygen atoms in total. The number of unbranched alkanes of at least 4 members (excludes halogenated alkanes) is 3. The van der Waals surface area contributed by atoms with Crippen molar-refractivity contribution in [2.45, 2.75) is 45.1 Å². The number of rotatable bonds is 14. The van der Waals surface area contributed by atoms with Crippen molar-refractivity contribution < 1.29 is 28.7 Å². The third-order valence-electron chi connectivity index (χ3n) is 3.99. The maximum Gasteiger partial charge on any atom is 0.258 e. The van der Waals surface area contributed by atoms with E-state index < -0.39 is 12.0 Å². The molecule has 0 aliphatic heterocycles. The highest BCUT2D eigenvalue weighted by molar-refractivity contribution is 5.78. The van der Waals surface area contributed by atoms with E-state index in [9.17, 15) is 14.7 Å². The molecule has 0 aliphatic carbocycles. The highest BCUT2D eigenvalue weighted by Gasteiger charge is 2.20. The summed E-state index contributed by atoms with van der Waals surface area (Å²) in [6.45, 7) is 3.10. The van der Waals surface area contributed by atoms with Gasteiger partial charge >= 0.3 is 0 Å². The number of benzene rings is 1. The number of carboxylic acid groups (broad SMARTS) is 1. The molecule has 1 atom stereocenters. The minimum atomic E-state index is -1.19. The molecule has 0 aromatic heterocycles. The number of hydrogen-bond donors (Lipinski definition) is 1. The average Bonchev–Trinajstić information content (AvgIpc) is 2.58. The SMILES string of the molecule is CCCCCCOc1cccc(OCC(=O)N[C@H](CC(=O)[O-])C[N+](C)(C)C)c1. The predicted octanol–water partition coefficient (Wildman–Crippen LogP) is 1.36. The van der Waals surface area contributed by atoms with Gasteiger partial charge in [-0.25, -0.2) is 0 Å². The fraction of sp³-hybridized carbons (Fsp3) is 0.619. The summed E-state index contributed by atoms with van der Waals surface area (Å²) in [6, 6.07) is 6.65. The maximum atomic E-state index is 12.2. The second-order valence-corrected chi connectivity index (χ2v) is 7.99. The second-order valence-electron chi connectivity index (χ2n) is 7.99. The van der Waals surface area contributed by atoms with Crippen molar-refractivity contribution in [1.82, 2.24) is 5.32 Å². The Morgan fingerprint density at radius 1 is 1.11 bits per heavy atom. The van der Waals surface area contributed by atoms with Crippen LogP contribution < -0.4 is 19.9 Å². The van der Waals surface area contributed by atoms with Gasteiger partial charge in [0, 0.05) is 18.5 Å². The molecule has 0 saturated carbocycles. The van der Waals surface area contributed by atoms with Gasteiger partial charge in [0.05, 0.1) is 40.3 Å². The molecule has 1 rings (SSSR count). The van der Waals surface area contributed by atoms with Crippen molar-refractivity contribution in [2.24, 2.45) is 0 Å². The van der Waals surface area contributed by atoms with Crippen LogP contribution in [0.1, 0.15) is 39.0 Å². The Balaban J connectivity index is 2.47. The molecule has 0 fully saturated rings. The monoisotopic (exact) mass is 394 g/mol. The molecular formula is C21H34N2O5. The Hall–Kier alpha value is -2.28. The van der Waals surface area contributed by atoms with Crippen LogP contribution in [0.3, 0.4) is 0 Å². The lowest BCUT2D eigenvalue weighted by atomic mass is 10.2. The van der Waals surface area contributed by atoms with E-state index in [-0.39, 0.29) is 18.9 Å². The molecule has 0 radical (unpaired) electrons. The number of ether oxygens (including phenoxy) is 2. The van der Waals surface area contributed by atoms with Gasteiger partial charge in [0.15, 0.2) is 6.61 Å². The summed E-state index contributed by atoms with van der Waals surface area (Å²) >= 11 is 0. The number of amides is 1. The first-order valence-electron chi connectivity index (χ1n) is 9.85. The molecule has 0 bridgehead atoms. The van der Waals surface area contributed by atoms with Crippen LogP contribution in [0.15, 0.2) is 24.3 Å². The first-order chi connectivity index (χ1) is 13.2. The Morgan fingerprint density at radius 2 is 1.79 bits per heavy atom. The van der Waals surface area contributed by atoms with Gasteiger partial charge in [-0.15, -0.1) is 0 Å². The molecular weight excluding hydrogens is 360 g/mol. The predicted molar refractivity (Wildman–Crippen MR) is 106 cm³/mol. The third-order valence-corrected chi connectivity index (χ3v) is 3.99. The van der Waals surface area contributed by atoms with Crippen molar-refractivity contribution in [3.05, 3.63) is 24.3 Å². The molecule has 1 aromatic carbocycles. The van der Waals surface area contributed by atoms with Crippen LogP contribution in [0, 0.1) is 0 Å². The minimum Gasteiger partial charge on any atom is -0.550 e. The number of carbonyl (C=O) groups excluding carboxylic acids is 2. The minimum absolute atomic E-state index is 0.194. The third kappa shape index (κ3) is 11.4. The topological polar surface area (TPSA) is 87.7 Å². The highest BCUT2D eigenvalue weighted by atomic mass is 16.5. The van der Waals surface area contributed by atoms with Crippen molar-refractivity contribution in [3.63, 3.8) is 0 Å². The fourth-order valence-electron chi connectivity index (χ4n) is 2.81. The normalized spacial score (nSPS) is 12.3. The van der Waals surface area contributed by atoms with E-state index >= 15 is 0 Å². The first kappa shape index (κ1) is 23.8. The lowest BCUT2D eigenvalue weighted by molar-refractivity contribution is -0.871. The van der Waals surface area contributed by atoms with Crippen LogP contribution in [0.5, 0.6) is 11.5 Å². The summed E-state index contributed by atoms with van der Waals surface area (Å²) in [4.78, 5) is 23.1. The first-order valence-corrected chi connectivity index (χ1v) is 9.85. The van der Waals surface area contributed by atoms with Crippen LogP contribution in [0.25, 0.3) is 0 Å². The van der Waals surface area contributed by atoms with Crippen LogP contribution in [-0.2, 0) is 9.59 Å². The average molecular weight is 395 g/mol. The van der Waals surface area contributed by atoms with E-state index in [1.165, 1.54) is 12.8 Å². The van der Waals surface area contributed by atoms with Gasteiger partial charge < -0.3 is 29.2 Å². The van der Waals surface area contributed by atoms with Crippen LogP contribution >= 0.6 is 0 Å². The van der Waals surface area contributed by atoms with Crippen LogP contribution in [0.2, 0.25) is 0 Å². The molecule has 0 spiro atoms. The molecule has 7 heteroatoms. The van der Waals surface area contributed by atoms with Crippen molar-refractivity contribution >= 4 is 11.9 Å². The maximum absolute atomic E-state index is 12.2. The van der Waals surface area contributed by atoms with E-state index in [0.29, 0.717) is 29.1 Å². The Labute approximate surface area is 168 Å². The zero-order chi connectivity index (χ0) is 21.0. The van der Waals surface area contributed by atoms with E-state index in [4.69, 9.17) is 9.47 Å². The zero-order valence-electron chi connectivity index (χ0n) is 17.5. The van der Waals surface area contributed by atoms with Crippen molar-refractivity contribution in [3.8, 4) is 11.5 Å². The number of likely N-dealkylation sites (N-methyl/N-ethyl adjacent to an activating group) is 1. The molecule has 0 unspecified atom stereocenters. The lowest BCUT2D eigenvalue weighted by Crippen LogP contribution is -2.51. The summed E-state index contributed by atoms with van der Waals surface area (Å²) < 4.78 is 11.8. The zero-order valence-corrected chi connectivity index (χ0v) is 17.5. The molecule has 158 valence electrons. The Bertz CT molecular complexity index is 613. The highest BCUT2D eigenvalue weighted by Crippen LogP contribution is 2.19. The standard InChI is InChI=1S/C21H34N2O5/c1-5-6-7-8-12-27-18-10-9-11-19(14-18)28-16-20(24)22-17(13-21(25)26)15-23(2,3)4/h9-11,14,17H,5-8,12-13,15-16H2,1-4H3,(H-,22,24,25,26)/t17-/m1/s1. The molecule has 0 saturated heterocycles. The van der Waals surface area contributed by atoms with Gasteiger partial charge in [0.1, 0.15) is 11.5 Å². The van der Waals surface area contributed by atoms with E-state index in [1.807, 2.05) is 33.3 Å². The molecule has 1 N–H and O–H groups in total. The van der Waals surface area contributed by atoms with Crippen molar-refractivity contribution in [1.29, 1.82) is 0 Å². The molecule has 0 heterocycles. The molecule has 0 aliphatic rings. The molecule has 1 aromatic rings. The number of nitrogens with zero attached hydrogens (tertiary/aromatic N) is 1. The summed E-state index contributed by atoms with van der Waals surface area (Å²) in [6.07, 6.45) is 4.31. The Morgan fingerprint density at radius 3 is 2.39 bits per heavy atom. The van der Waals surface area contributed by atoms with E-state index in [2.05, 4.69) is 12.2 Å². The van der Waals surface area contributed by atoms with E-state index in [1.54, 1.807) is 12.1 Å². The van der Waals surface area contributed by atoms with Crippen LogP contribution in [-0.4, -0.2) is 63.3 Å². The van der Waals surface area contributed by atoms with Crippen LogP contribution in [0.4, 0.5) is 0 Å². The van der Waals surface area contributed by atoms with Gasteiger partial charge in [-0.2, -0.15) is 0 Å². The second kappa shape index (κ2) is 12.2. The molecule has 28 heavy (non-hydrogen) atoms. The number of nitrogens with one attached hydrogen (secondary N) is 1. The lowest BCUT2D eigenvalue weighted by Gasteiger charge is -2.30. The Kier molecular flexibility index (Phi) is 10.4. The quantitative estimate of drug-likeness (QED) is 0.380. The van der Waals surface area contributed by atoms with Crippen molar-refractivity contribution in [2.75, 3.05) is 40.9 Å².